The van der Waals surface area contributed by atoms with Crippen molar-refractivity contribution in [2.45, 2.75) is 6.54 Å². The minimum atomic E-state index is -0.661. The van der Waals surface area contributed by atoms with Crippen LogP contribution in [0.15, 0.2) is 42.5 Å². The van der Waals surface area contributed by atoms with Crippen LogP contribution in [0.5, 0.6) is 0 Å². The van der Waals surface area contributed by atoms with Gasteiger partial charge in [0.15, 0.2) is 0 Å². The number of benzene rings is 2. The summed E-state index contributed by atoms with van der Waals surface area (Å²) in [4.78, 5) is 11.2. The van der Waals surface area contributed by atoms with E-state index in [1.54, 1.807) is 24.3 Å². The fraction of sp³-hybridized carbons (Fsp3) is 0.0714. The monoisotopic (exact) mass is 262 g/mol. The molecule has 0 aliphatic rings. The lowest BCUT2D eigenvalue weighted by atomic mass is 10.1. The standard InChI is InChI=1S/C14H12F2N2O/c15-10-5-11(16)7-12(6-10)18-8-9-3-1-2-4-13(9)14(17)19/h1-7,18H,8H2,(H2,17,19). The Morgan fingerprint density at radius 1 is 1.11 bits per heavy atom. The maximum atomic E-state index is 13.0. The van der Waals surface area contributed by atoms with Gasteiger partial charge in [0.1, 0.15) is 11.6 Å². The highest BCUT2D eigenvalue weighted by Gasteiger charge is 2.07. The van der Waals surface area contributed by atoms with Crippen LogP contribution in [0.2, 0.25) is 0 Å². The minimum absolute atomic E-state index is 0.252. The van der Waals surface area contributed by atoms with Gasteiger partial charge in [0.05, 0.1) is 0 Å². The van der Waals surface area contributed by atoms with E-state index in [1.807, 2.05) is 0 Å². The average molecular weight is 262 g/mol. The molecule has 0 atom stereocenters. The van der Waals surface area contributed by atoms with Crippen molar-refractivity contribution < 1.29 is 13.6 Å². The fourth-order valence-corrected chi connectivity index (χ4v) is 1.77. The Labute approximate surface area is 109 Å². The van der Waals surface area contributed by atoms with Crippen molar-refractivity contribution in [3.63, 3.8) is 0 Å². The van der Waals surface area contributed by atoms with E-state index in [0.29, 0.717) is 16.8 Å². The Hall–Kier alpha value is -2.43. The highest BCUT2D eigenvalue weighted by atomic mass is 19.1. The molecule has 98 valence electrons. The summed E-state index contributed by atoms with van der Waals surface area (Å²) in [5.41, 5.74) is 6.60. The largest absolute Gasteiger partial charge is 0.381 e. The normalized spacial score (nSPS) is 10.2. The highest BCUT2D eigenvalue weighted by Crippen LogP contribution is 2.15. The molecule has 19 heavy (non-hydrogen) atoms. The Bertz CT molecular complexity index is 594. The van der Waals surface area contributed by atoms with Crippen LogP contribution in [0.25, 0.3) is 0 Å². The number of nitrogens with two attached hydrogens (primary N) is 1. The molecule has 2 rings (SSSR count). The first-order valence-corrected chi connectivity index (χ1v) is 5.64. The Balaban J connectivity index is 2.16. The van der Waals surface area contributed by atoms with Crippen LogP contribution in [0.4, 0.5) is 14.5 Å². The first kappa shape index (κ1) is 13.0. The van der Waals surface area contributed by atoms with E-state index in [4.69, 9.17) is 5.73 Å². The second-order valence-corrected chi connectivity index (χ2v) is 4.03. The van der Waals surface area contributed by atoms with E-state index < -0.39 is 17.5 Å². The highest BCUT2D eigenvalue weighted by molar-refractivity contribution is 5.94. The van der Waals surface area contributed by atoms with Gasteiger partial charge in [0, 0.05) is 23.9 Å². The van der Waals surface area contributed by atoms with E-state index in [-0.39, 0.29) is 6.54 Å². The third-order valence-corrected chi connectivity index (χ3v) is 2.63. The van der Waals surface area contributed by atoms with Crippen molar-refractivity contribution in [3.05, 3.63) is 65.2 Å². The number of anilines is 1. The van der Waals surface area contributed by atoms with Crippen molar-refractivity contribution in [3.8, 4) is 0 Å². The smallest absolute Gasteiger partial charge is 0.249 e. The van der Waals surface area contributed by atoms with E-state index in [2.05, 4.69) is 5.32 Å². The van der Waals surface area contributed by atoms with Crippen molar-refractivity contribution in [1.29, 1.82) is 0 Å². The number of nitrogens with one attached hydrogen (secondary N) is 1. The van der Waals surface area contributed by atoms with Gasteiger partial charge in [-0.15, -0.1) is 0 Å². The maximum Gasteiger partial charge on any atom is 0.249 e. The summed E-state index contributed by atoms with van der Waals surface area (Å²) in [6.45, 7) is 0.252. The molecule has 0 aliphatic heterocycles. The predicted molar refractivity (Wildman–Crippen MR) is 68.6 cm³/mol. The van der Waals surface area contributed by atoms with Crippen LogP contribution in [0, 0.1) is 11.6 Å². The van der Waals surface area contributed by atoms with Gasteiger partial charge in [-0.2, -0.15) is 0 Å². The summed E-state index contributed by atoms with van der Waals surface area (Å²) in [7, 11) is 0. The van der Waals surface area contributed by atoms with E-state index in [9.17, 15) is 13.6 Å². The molecular formula is C14H12F2N2O. The number of hydrogen-bond donors (Lipinski definition) is 2. The molecule has 0 heterocycles. The third kappa shape index (κ3) is 3.28. The number of carbonyl (C=O) groups excluding carboxylic acids is 1. The van der Waals surface area contributed by atoms with Gasteiger partial charge in [0.2, 0.25) is 5.91 Å². The fourth-order valence-electron chi connectivity index (χ4n) is 1.77. The van der Waals surface area contributed by atoms with Crippen molar-refractivity contribution in [1.82, 2.24) is 0 Å². The van der Waals surface area contributed by atoms with Gasteiger partial charge >= 0.3 is 0 Å². The summed E-state index contributed by atoms with van der Waals surface area (Å²) < 4.78 is 26.0. The summed E-state index contributed by atoms with van der Waals surface area (Å²) in [6, 6.07) is 9.93. The van der Waals surface area contributed by atoms with Crippen LogP contribution in [0.3, 0.4) is 0 Å². The molecule has 0 spiro atoms. The van der Waals surface area contributed by atoms with Crippen LogP contribution >= 0.6 is 0 Å². The van der Waals surface area contributed by atoms with Crippen LogP contribution in [-0.4, -0.2) is 5.91 Å². The quantitative estimate of drug-likeness (QED) is 0.890. The lowest BCUT2D eigenvalue weighted by molar-refractivity contribution is 0.0999. The van der Waals surface area contributed by atoms with E-state index in [0.717, 1.165) is 6.07 Å². The van der Waals surface area contributed by atoms with Gasteiger partial charge in [0.25, 0.3) is 0 Å². The molecular weight excluding hydrogens is 250 g/mol. The average Bonchev–Trinajstić information content (AvgIpc) is 2.35. The van der Waals surface area contributed by atoms with Gasteiger partial charge in [-0.25, -0.2) is 8.78 Å². The van der Waals surface area contributed by atoms with Crippen molar-refractivity contribution >= 4 is 11.6 Å². The van der Waals surface area contributed by atoms with Crippen LogP contribution in [-0.2, 0) is 6.54 Å². The molecule has 0 aromatic heterocycles. The van der Waals surface area contributed by atoms with Crippen LogP contribution in [0.1, 0.15) is 15.9 Å². The molecule has 3 N–H and O–H groups in total. The number of amides is 1. The number of carbonyl (C=O) groups is 1. The maximum absolute atomic E-state index is 13.0. The summed E-state index contributed by atoms with van der Waals surface area (Å²) in [5.74, 6) is -1.86. The minimum Gasteiger partial charge on any atom is -0.381 e. The SMILES string of the molecule is NC(=O)c1ccccc1CNc1cc(F)cc(F)c1. The first-order chi connectivity index (χ1) is 9.06. The molecule has 0 aliphatic carbocycles. The van der Waals surface area contributed by atoms with Crippen molar-refractivity contribution in [2.24, 2.45) is 5.73 Å². The lowest BCUT2D eigenvalue weighted by Gasteiger charge is -2.09. The second kappa shape index (κ2) is 5.48. The van der Waals surface area contributed by atoms with Crippen molar-refractivity contribution in [2.75, 3.05) is 5.32 Å². The molecule has 0 bridgehead atoms. The molecule has 2 aromatic rings. The number of halogens is 2. The number of primary amides is 1. The summed E-state index contributed by atoms with van der Waals surface area (Å²) in [6.07, 6.45) is 0. The molecule has 0 unspecified atom stereocenters. The second-order valence-electron chi connectivity index (χ2n) is 4.03. The number of hydrogen-bond acceptors (Lipinski definition) is 2. The Morgan fingerprint density at radius 2 is 1.74 bits per heavy atom. The van der Waals surface area contributed by atoms with E-state index >= 15 is 0 Å². The zero-order valence-electron chi connectivity index (χ0n) is 9.99. The van der Waals surface area contributed by atoms with E-state index in [1.165, 1.54) is 12.1 Å². The summed E-state index contributed by atoms with van der Waals surface area (Å²) in [5, 5.41) is 2.85. The number of rotatable bonds is 4. The van der Waals surface area contributed by atoms with Gasteiger partial charge in [-0.3, -0.25) is 4.79 Å². The van der Waals surface area contributed by atoms with Crippen LogP contribution < -0.4 is 11.1 Å². The molecule has 3 nitrogen and oxygen atoms in total. The Morgan fingerprint density at radius 3 is 2.37 bits per heavy atom. The van der Waals surface area contributed by atoms with Gasteiger partial charge in [-0.05, 0) is 23.8 Å². The molecule has 0 radical (unpaired) electrons. The molecule has 2 aromatic carbocycles. The molecule has 0 saturated heterocycles. The zero-order valence-corrected chi connectivity index (χ0v) is 9.99. The molecule has 0 fully saturated rings. The molecule has 1 amide bonds. The first-order valence-electron chi connectivity index (χ1n) is 5.64. The predicted octanol–water partition coefficient (Wildman–Crippen LogP) is 2.68. The Kier molecular flexibility index (Phi) is 3.75. The zero-order chi connectivity index (χ0) is 13.8. The third-order valence-electron chi connectivity index (χ3n) is 2.63. The molecule has 0 saturated carbocycles. The topological polar surface area (TPSA) is 55.1 Å². The summed E-state index contributed by atoms with van der Waals surface area (Å²) >= 11 is 0. The lowest BCUT2D eigenvalue weighted by Crippen LogP contribution is -2.15. The van der Waals surface area contributed by atoms with Gasteiger partial charge < -0.3 is 11.1 Å². The molecule has 5 heteroatoms. The van der Waals surface area contributed by atoms with Gasteiger partial charge in [-0.1, -0.05) is 18.2 Å².